The van der Waals surface area contributed by atoms with Gasteiger partial charge < -0.3 is 16.2 Å². The monoisotopic (exact) mass is 251 g/mol. The molecule has 1 heterocycles. The van der Waals surface area contributed by atoms with E-state index in [0.717, 1.165) is 5.39 Å². The van der Waals surface area contributed by atoms with Crippen molar-refractivity contribution in [2.75, 3.05) is 17.6 Å². The van der Waals surface area contributed by atoms with Gasteiger partial charge in [-0.25, -0.2) is 4.98 Å². The first kappa shape index (κ1) is 11.5. The van der Waals surface area contributed by atoms with E-state index in [0.29, 0.717) is 21.9 Å². The van der Waals surface area contributed by atoms with Crippen LogP contribution < -0.4 is 11.1 Å². The van der Waals surface area contributed by atoms with E-state index in [2.05, 4.69) is 10.3 Å². The number of aliphatic carboxylic acids is 1. The van der Waals surface area contributed by atoms with Gasteiger partial charge in [0.2, 0.25) is 0 Å². The molecule has 0 aliphatic carbocycles. The average molecular weight is 252 g/mol. The van der Waals surface area contributed by atoms with Crippen LogP contribution in [0.1, 0.15) is 0 Å². The maximum atomic E-state index is 10.5. The number of benzene rings is 1. The molecule has 1 aromatic carbocycles. The molecule has 0 radical (unpaired) electrons. The van der Waals surface area contributed by atoms with E-state index in [-0.39, 0.29) is 6.54 Å². The molecule has 1 aromatic heterocycles. The van der Waals surface area contributed by atoms with Crippen LogP contribution >= 0.6 is 11.6 Å². The minimum atomic E-state index is -0.969. The van der Waals surface area contributed by atoms with Gasteiger partial charge >= 0.3 is 5.97 Å². The molecule has 17 heavy (non-hydrogen) atoms. The van der Waals surface area contributed by atoms with Crippen molar-refractivity contribution in [1.82, 2.24) is 4.98 Å². The zero-order valence-electron chi connectivity index (χ0n) is 8.77. The lowest BCUT2D eigenvalue weighted by atomic mass is 10.1. The van der Waals surface area contributed by atoms with Crippen LogP contribution in [0.2, 0.25) is 5.02 Å². The number of aromatic nitrogens is 1. The second-order valence-electron chi connectivity index (χ2n) is 3.47. The lowest BCUT2D eigenvalue weighted by Gasteiger charge is -2.09. The zero-order chi connectivity index (χ0) is 12.4. The highest BCUT2D eigenvalue weighted by atomic mass is 35.5. The van der Waals surface area contributed by atoms with E-state index in [1.165, 1.54) is 0 Å². The topological polar surface area (TPSA) is 88.2 Å². The fourth-order valence-electron chi connectivity index (χ4n) is 1.57. The fourth-order valence-corrected chi connectivity index (χ4v) is 1.83. The molecule has 0 bridgehead atoms. The van der Waals surface area contributed by atoms with Gasteiger partial charge in [0.15, 0.2) is 0 Å². The van der Waals surface area contributed by atoms with E-state index in [4.69, 9.17) is 22.4 Å². The summed E-state index contributed by atoms with van der Waals surface area (Å²) in [5.41, 5.74) is 6.39. The Morgan fingerprint density at radius 3 is 2.94 bits per heavy atom. The molecule has 88 valence electrons. The third-order valence-electron chi connectivity index (χ3n) is 2.32. The number of halogens is 1. The van der Waals surface area contributed by atoms with Crippen molar-refractivity contribution in [3.8, 4) is 0 Å². The number of carboxylic acids is 1. The smallest absolute Gasteiger partial charge is 0.322 e. The Morgan fingerprint density at radius 2 is 2.24 bits per heavy atom. The zero-order valence-corrected chi connectivity index (χ0v) is 9.53. The molecule has 2 aromatic rings. The number of fused-ring (bicyclic) bond motifs is 1. The molecule has 0 aliphatic rings. The maximum absolute atomic E-state index is 10.5. The Hall–Kier alpha value is -2.01. The molecular weight excluding hydrogens is 242 g/mol. The summed E-state index contributed by atoms with van der Waals surface area (Å²) in [6.45, 7) is -0.225. The third kappa shape index (κ3) is 2.24. The second-order valence-corrected chi connectivity index (χ2v) is 3.87. The summed E-state index contributed by atoms with van der Waals surface area (Å²) in [4.78, 5) is 14.6. The number of anilines is 2. The van der Waals surface area contributed by atoms with Crippen LogP contribution in [-0.2, 0) is 4.79 Å². The van der Waals surface area contributed by atoms with Gasteiger partial charge in [-0.3, -0.25) is 4.79 Å². The first-order valence-corrected chi connectivity index (χ1v) is 5.25. The van der Waals surface area contributed by atoms with Crippen molar-refractivity contribution in [1.29, 1.82) is 0 Å². The average Bonchev–Trinajstić information content (AvgIpc) is 2.31. The predicted octanol–water partition coefficient (Wildman–Crippen LogP) is 1.97. The molecule has 0 unspecified atom stereocenters. The Balaban J connectivity index is 2.56. The molecule has 0 atom stereocenters. The van der Waals surface area contributed by atoms with Gasteiger partial charge in [-0.1, -0.05) is 11.6 Å². The van der Waals surface area contributed by atoms with Gasteiger partial charge in [-0.05, 0) is 18.2 Å². The fraction of sp³-hybridized carbons (Fsp3) is 0.0909. The number of nitrogens with zero attached hydrogens (tertiary/aromatic N) is 1. The number of hydrogen-bond acceptors (Lipinski definition) is 4. The number of nitrogens with one attached hydrogen (secondary N) is 1. The van der Waals surface area contributed by atoms with Crippen molar-refractivity contribution in [2.45, 2.75) is 0 Å². The standard InChI is InChI=1S/C11H10ClN3O2/c12-7-1-2-8(13)6-3-4-14-11(10(6)7)15-5-9(16)17/h1-4H,5,13H2,(H,14,15)(H,16,17). The van der Waals surface area contributed by atoms with Crippen molar-refractivity contribution >= 4 is 39.8 Å². The van der Waals surface area contributed by atoms with Crippen molar-refractivity contribution in [3.63, 3.8) is 0 Å². The summed E-state index contributed by atoms with van der Waals surface area (Å²) in [5, 5.41) is 13.2. The predicted molar refractivity (Wildman–Crippen MR) is 67.3 cm³/mol. The van der Waals surface area contributed by atoms with Gasteiger partial charge in [0.05, 0.1) is 5.02 Å². The van der Waals surface area contributed by atoms with E-state index >= 15 is 0 Å². The summed E-state index contributed by atoms with van der Waals surface area (Å²) in [5.74, 6) is -0.550. The van der Waals surface area contributed by atoms with Crippen molar-refractivity contribution < 1.29 is 9.90 Å². The van der Waals surface area contributed by atoms with Gasteiger partial charge in [-0.2, -0.15) is 0 Å². The van der Waals surface area contributed by atoms with Crippen LogP contribution in [0.5, 0.6) is 0 Å². The minimum Gasteiger partial charge on any atom is -0.480 e. The first-order chi connectivity index (χ1) is 8.09. The summed E-state index contributed by atoms with van der Waals surface area (Å²) in [7, 11) is 0. The number of nitrogens with two attached hydrogens (primary N) is 1. The Kier molecular flexibility index (Phi) is 3.01. The lowest BCUT2D eigenvalue weighted by Crippen LogP contribution is -2.13. The number of nitrogen functional groups attached to an aromatic ring is 1. The molecule has 0 aliphatic heterocycles. The highest BCUT2D eigenvalue weighted by Gasteiger charge is 2.09. The number of carboxylic acid groups (broad SMARTS) is 1. The number of hydrogen-bond donors (Lipinski definition) is 3. The Labute approximate surface area is 102 Å². The molecule has 0 saturated heterocycles. The van der Waals surface area contributed by atoms with E-state index in [1.807, 2.05) is 0 Å². The quantitative estimate of drug-likeness (QED) is 0.726. The SMILES string of the molecule is Nc1ccc(Cl)c2c(NCC(=O)O)nccc12. The summed E-state index contributed by atoms with van der Waals surface area (Å²) < 4.78 is 0. The molecule has 0 saturated carbocycles. The summed E-state index contributed by atoms with van der Waals surface area (Å²) in [6, 6.07) is 5.10. The molecule has 0 spiro atoms. The normalized spacial score (nSPS) is 10.4. The van der Waals surface area contributed by atoms with Gasteiger partial charge in [-0.15, -0.1) is 0 Å². The minimum absolute atomic E-state index is 0.225. The molecule has 0 amide bonds. The second kappa shape index (κ2) is 4.47. The maximum Gasteiger partial charge on any atom is 0.322 e. The van der Waals surface area contributed by atoms with Gasteiger partial charge in [0.1, 0.15) is 12.4 Å². The largest absolute Gasteiger partial charge is 0.480 e. The number of rotatable bonds is 3. The molecular formula is C11H10ClN3O2. The van der Waals surface area contributed by atoms with Crippen LogP contribution in [0.4, 0.5) is 11.5 Å². The molecule has 4 N–H and O–H groups in total. The van der Waals surface area contributed by atoms with E-state index < -0.39 is 5.97 Å². The van der Waals surface area contributed by atoms with Crippen LogP contribution in [0, 0.1) is 0 Å². The van der Waals surface area contributed by atoms with Crippen LogP contribution in [0.25, 0.3) is 10.8 Å². The summed E-state index contributed by atoms with van der Waals surface area (Å²) >= 11 is 6.07. The molecule has 2 rings (SSSR count). The van der Waals surface area contributed by atoms with Crippen LogP contribution in [0.3, 0.4) is 0 Å². The first-order valence-electron chi connectivity index (χ1n) is 4.88. The highest BCUT2D eigenvalue weighted by Crippen LogP contribution is 2.32. The number of pyridine rings is 1. The van der Waals surface area contributed by atoms with Gasteiger partial charge in [0, 0.05) is 22.7 Å². The van der Waals surface area contributed by atoms with Crippen molar-refractivity contribution in [2.24, 2.45) is 0 Å². The number of carbonyl (C=O) groups is 1. The lowest BCUT2D eigenvalue weighted by molar-refractivity contribution is -0.134. The Morgan fingerprint density at radius 1 is 1.47 bits per heavy atom. The highest BCUT2D eigenvalue weighted by molar-refractivity contribution is 6.37. The Bertz CT molecular complexity index is 586. The molecule has 6 heteroatoms. The van der Waals surface area contributed by atoms with Gasteiger partial charge in [0.25, 0.3) is 0 Å². The molecule has 5 nitrogen and oxygen atoms in total. The van der Waals surface area contributed by atoms with E-state index in [1.54, 1.807) is 24.4 Å². The summed E-state index contributed by atoms with van der Waals surface area (Å²) in [6.07, 6.45) is 1.55. The van der Waals surface area contributed by atoms with E-state index in [9.17, 15) is 4.79 Å². The van der Waals surface area contributed by atoms with Crippen molar-refractivity contribution in [3.05, 3.63) is 29.4 Å². The van der Waals surface area contributed by atoms with Crippen LogP contribution in [-0.4, -0.2) is 22.6 Å². The molecule has 0 fully saturated rings. The van der Waals surface area contributed by atoms with Crippen LogP contribution in [0.15, 0.2) is 24.4 Å². The third-order valence-corrected chi connectivity index (χ3v) is 2.63.